The van der Waals surface area contributed by atoms with Gasteiger partial charge in [-0.15, -0.1) is 12.4 Å². The minimum absolute atomic E-state index is 0. The summed E-state index contributed by atoms with van der Waals surface area (Å²) < 4.78 is 5.15. The summed E-state index contributed by atoms with van der Waals surface area (Å²) in [5.41, 5.74) is 6.01. The van der Waals surface area contributed by atoms with Crippen LogP contribution < -0.4 is 5.73 Å². The van der Waals surface area contributed by atoms with E-state index in [4.69, 9.17) is 10.5 Å². The summed E-state index contributed by atoms with van der Waals surface area (Å²) >= 11 is 0. The molecule has 0 radical (unpaired) electrons. The first-order valence-electron chi connectivity index (χ1n) is 6.73. The van der Waals surface area contributed by atoms with Gasteiger partial charge in [0.05, 0.1) is 6.61 Å². The summed E-state index contributed by atoms with van der Waals surface area (Å²) in [5, 5.41) is 0. The molecule has 3 atom stereocenters. The van der Waals surface area contributed by atoms with E-state index in [0.29, 0.717) is 24.2 Å². The molecule has 2 N–H and O–H groups in total. The van der Waals surface area contributed by atoms with Crippen LogP contribution in [-0.4, -0.2) is 43.7 Å². The first kappa shape index (κ1) is 15.7. The van der Waals surface area contributed by atoms with Crippen LogP contribution in [0.25, 0.3) is 0 Å². The Bertz CT molecular complexity index is 276. The average Bonchev–Trinajstić information content (AvgIpc) is 2.90. The second kappa shape index (κ2) is 7.31. The molecular formula is C13H25ClN2O2. The fourth-order valence-electron chi connectivity index (χ4n) is 3.10. The van der Waals surface area contributed by atoms with E-state index in [2.05, 4.69) is 0 Å². The van der Waals surface area contributed by atoms with Gasteiger partial charge in [-0.1, -0.05) is 6.42 Å². The largest absolute Gasteiger partial charge is 0.384 e. The SMILES string of the molecule is COCC1CCN(C(=O)C[C@@H]2CCC[C@H]2N)C1.Cl. The van der Waals surface area contributed by atoms with Crippen molar-refractivity contribution >= 4 is 18.3 Å². The Morgan fingerprint density at radius 1 is 1.39 bits per heavy atom. The molecule has 1 aliphatic carbocycles. The lowest BCUT2D eigenvalue weighted by molar-refractivity contribution is -0.131. The zero-order valence-electron chi connectivity index (χ0n) is 11.1. The molecule has 1 amide bonds. The molecule has 0 aromatic carbocycles. The quantitative estimate of drug-likeness (QED) is 0.845. The third-order valence-electron chi connectivity index (χ3n) is 4.20. The number of hydrogen-bond acceptors (Lipinski definition) is 3. The van der Waals surface area contributed by atoms with E-state index in [-0.39, 0.29) is 18.4 Å². The number of likely N-dealkylation sites (tertiary alicyclic amines) is 1. The van der Waals surface area contributed by atoms with Crippen LogP contribution in [0.15, 0.2) is 0 Å². The van der Waals surface area contributed by atoms with E-state index in [1.165, 1.54) is 6.42 Å². The average molecular weight is 277 g/mol. The smallest absolute Gasteiger partial charge is 0.222 e. The number of halogens is 1. The van der Waals surface area contributed by atoms with Crippen molar-refractivity contribution in [3.05, 3.63) is 0 Å². The molecular weight excluding hydrogens is 252 g/mol. The summed E-state index contributed by atoms with van der Waals surface area (Å²) in [7, 11) is 1.72. The third kappa shape index (κ3) is 3.84. The number of amides is 1. The Labute approximate surface area is 116 Å². The van der Waals surface area contributed by atoms with Crippen LogP contribution in [0.3, 0.4) is 0 Å². The minimum atomic E-state index is 0. The van der Waals surface area contributed by atoms with Crippen LogP contribution in [-0.2, 0) is 9.53 Å². The monoisotopic (exact) mass is 276 g/mol. The highest BCUT2D eigenvalue weighted by molar-refractivity contribution is 5.85. The highest BCUT2D eigenvalue weighted by Gasteiger charge is 2.31. The second-order valence-corrected chi connectivity index (χ2v) is 5.51. The van der Waals surface area contributed by atoms with E-state index in [1.807, 2.05) is 4.90 Å². The number of carbonyl (C=O) groups excluding carboxylic acids is 1. The van der Waals surface area contributed by atoms with Crippen molar-refractivity contribution in [1.29, 1.82) is 0 Å². The Morgan fingerprint density at radius 2 is 2.17 bits per heavy atom. The van der Waals surface area contributed by atoms with Crippen molar-refractivity contribution in [3.63, 3.8) is 0 Å². The van der Waals surface area contributed by atoms with Gasteiger partial charge in [0, 0.05) is 38.6 Å². The first-order chi connectivity index (χ1) is 8.20. The van der Waals surface area contributed by atoms with Gasteiger partial charge in [0.2, 0.25) is 5.91 Å². The third-order valence-corrected chi connectivity index (χ3v) is 4.20. The predicted molar refractivity (Wildman–Crippen MR) is 73.7 cm³/mol. The maximum absolute atomic E-state index is 12.1. The fourth-order valence-corrected chi connectivity index (χ4v) is 3.10. The lowest BCUT2D eigenvalue weighted by Gasteiger charge is -2.20. The number of nitrogens with two attached hydrogens (primary N) is 1. The Kier molecular flexibility index (Phi) is 6.39. The molecule has 0 spiro atoms. The molecule has 0 aromatic heterocycles. The number of rotatable bonds is 4. The van der Waals surface area contributed by atoms with Gasteiger partial charge in [-0.3, -0.25) is 4.79 Å². The molecule has 2 fully saturated rings. The van der Waals surface area contributed by atoms with Gasteiger partial charge in [-0.25, -0.2) is 0 Å². The van der Waals surface area contributed by atoms with Gasteiger partial charge in [-0.2, -0.15) is 0 Å². The van der Waals surface area contributed by atoms with Gasteiger partial charge in [0.25, 0.3) is 0 Å². The molecule has 1 aliphatic heterocycles. The number of ether oxygens (including phenoxy) is 1. The van der Waals surface area contributed by atoms with Crippen LogP contribution in [0, 0.1) is 11.8 Å². The van der Waals surface area contributed by atoms with Crippen molar-refractivity contribution in [1.82, 2.24) is 4.90 Å². The molecule has 0 aromatic rings. The minimum Gasteiger partial charge on any atom is -0.384 e. The normalized spacial score (nSPS) is 31.4. The predicted octanol–water partition coefficient (Wildman–Crippen LogP) is 1.42. The van der Waals surface area contributed by atoms with Crippen molar-refractivity contribution in [3.8, 4) is 0 Å². The Hall–Kier alpha value is -0.320. The molecule has 1 heterocycles. The van der Waals surface area contributed by atoms with Crippen molar-refractivity contribution in [2.45, 2.75) is 38.1 Å². The van der Waals surface area contributed by atoms with Crippen LogP contribution in [0.1, 0.15) is 32.1 Å². The number of methoxy groups -OCH3 is 1. The van der Waals surface area contributed by atoms with E-state index in [0.717, 1.165) is 39.0 Å². The van der Waals surface area contributed by atoms with E-state index in [9.17, 15) is 4.79 Å². The Morgan fingerprint density at radius 3 is 2.78 bits per heavy atom. The van der Waals surface area contributed by atoms with Crippen LogP contribution in [0.5, 0.6) is 0 Å². The summed E-state index contributed by atoms with van der Waals surface area (Å²) in [6.45, 7) is 2.54. The van der Waals surface area contributed by atoms with Crippen molar-refractivity contribution in [2.24, 2.45) is 17.6 Å². The number of hydrogen-bond donors (Lipinski definition) is 1. The molecule has 2 rings (SSSR count). The molecule has 2 aliphatic rings. The molecule has 4 nitrogen and oxygen atoms in total. The van der Waals surface area contributed by atoms with Gasteiger partial charge in [-0.05, 0) is 25.2 Å². The van der Waals surface area contributed by atoms with Crippen LogP contribution in [0.2, 0.25) is 0 Å². The second-order valence-electron chi connectivity index (χ2n) is 5.51. The van der Waals surface area contributed by atoms with Crippen LogP contribution >= 0.6 is 12.4 Å². The summed E-state index contributed by atoms with van der Waals surface area (Å²) in [4.78, 5) is 14.1. The maximum atomic E-state index is 12.1. The molecule has 106 valence electrons. The lowest BCUT2D eigenvalue weighted by atomic mass is 9.99. The zero-order valence-corrected chi connectivity index (χ0v) is 12.0. The molecule has 18 heavy (non-hydrogen) atoms. The topological polar surface area (TPSA) is 55.6 Å². The summed E-state index contributed by atoms with van der Waals surface area (Å²) in [5.74, 6) is 1.25. The van der Waals surface area contributed by atoms with Gasteiger partial charge in [0.15, 0.2) is 0 Å². The number of nitrogens with zero attached hydrogens (tertiary/aromatic N) is 1. The van der Waals surface area contributed by atoms with Gasteiger partial charge < -0.3 is 15.4 Å². The molecule has 1 saturated heterocycles. The summed E-state index contributed by atoms with van der Waals surface area (Å²) in [6.07, 6.45) is 5.13. The number of carbonyl (C=O) groups is 1. The molecule has 5 heteroatoms. The zero-order chi connectivity index (χ0) is 12.3. The Balaban J connectivity index is 0.00000162. The summed E-state index contributed by atoms with van der Waals surface area (Å²) in [6, 6.07) is 0.247. The van der Waals surface area contributed by atoms with E-state index in [1.54, 1.807) is 7.11 Å². The van der Waals surface area contributed by atoms with Gasteiger partial charge >= 0.3 is 0 Å². The highest BCUT2D eigenvalue weighted by Crippen LogP contribution is 2.28. The van der Waals surface area contributed by atoms with Crippen LogP contribution in [0.4, 0.5) is 0 Å². The molecule has 0 bridgehead atoms. The highest BCUT2D eigenvalue weighted by atomic mass is 35.5. The first-order valence-corrected chi connectivity index (χ1v) is 6.73. The molecule has 1 unspecified atom stereocenters. The van der Waals surface area contributed by atoms with E-state index >= 15 is 0 Å². The van der Waals surface area contributed by atoms with Crippen molar-refractivity contribution < 1.29 is 9.53 Å². The van der Waals surface area contributed by atoms with Crippen molar-refractivity contribution in [2.75, 3.05) is 26.8 Å². The fraction of sp³-hybridized carbons (Fsp3) is 0.923. The van der Waals surface area contributed by atoms with E-state index < -0.39 is 0 Å². The van der Waals surface area contributed by atoms with Gasteiger partial charge in [0.1, 0.15) is 0 Å². The molecule has 1 saturated carbocycles. The standard InChI is InChI=1S/C13H24N2O2.ClH/c1-17-9-10-5-6-15(8-10)13(16)7-11-3-2-4-12(11)14;/h10-12H,2-9,14H2,1H3;1H/t10?,11-,12+;/m0./s1. The lowest BCUT2D eigenvalue weighted by Crippen LogP contribution is -2.34. The maximum Gasteiger partial charge on any atom is 0.222 e.